The van der Waals surface area contributed by atoms with Crippen LogP contribution in [0.4, 0.5) is 10.5 Å². The van der Waals surface area contributed by atoms with Crippen LogP contribution in [0.3, 0.4) is 0 Å². The second kappa shape index (κ2) is 8.85. The fraction of sp³-hybridized carbons (Fsp3) is 0.353. The third kappa shape index (κ3) is 5.34. The molecule has 0 spiro atoms. The Morgan fingerprint density at radius 1 is 1.26 bits per heavy atom. The summed E-state index contributed by atoms with van der Waals surface area (Å²) in [4.78, 5) is 14.1. The number of anilines is 1. The molecule has 1 aromatic carbocycles. The van der Waals surface area contributed by atoms with E-state index in [2.05, 4.69) is 5.32 Å². The maximum Gasteiger partial charge on any atom is 0.322 e. The molecule has 6 nitrogen and oxygen atoms in total. The third-order valence-corrected chi connectivity index (χ3v) is 3.22. The number of urea groups is 1. The third-order valence-electron chi connectivity index (χ3n) is 3.22. The first kappa shape index (κ1) is 16.9. The Hall–Kier alpha value is -2.47. The summed E-state index contributed by atoms with van der Waals surface area (Å²) in [7, 11) is 1.61. The lowest BCUT2D eigenvalue weighted by Gasteiger charge is -2.22. The monoisotopic (exact) mass is 318 g/mol. The lowest BCUT2D eigenvalue weighted by molar-refractivity contribution is 0.152. The van der Waals surface area contributed by atoms with Gasteiger partial charge in [0.05, 0.1) is 32.3 Å². The van der Waals surface area contributed by atoms with E-state index in [4.69, 9.17) is 13.9 Å². The minimum Gasteiger partial charge on any atom is -0.494 e. The molecule has 2 rings (SSSR count). The number of rotatable bonds is 8. The van der Waals surface area contributed by atoms with E-state index in [1.54, 1.807) is 24.5 Å². The molecule has 0 radical (unpaired) electrons. The van der Waals surface area contributed by atoms with Crippen LogP contribution >= 0.6 is 0 Å². The molecule has 0 aliphatic rings. The number of furan rings is 1. The summed E-state index contributed by atoms with van der Waals surface area (Å²) in [6, 6.07) is 8.94. The number of hydrogen-bond donors (Lipinski definition) is 1. The van der Waals surface area contributed by atoms with Gasteiger partial charge in [0.1, 0.15) is 5.75 Å². The summed E-state index contributed by atoms with van der Waals surface area (Å²) < 4.78 is 15.5. The van der Waals surface area contributed by atoms with Gasteiger partial charge in [-0.1, -0.05) is 0 Å². The number of carbonyl (C=O) groups is 1. The number of methoxy groups -OCH3 is 1. The minimum atomic E-state index is -0.188. The maximum absolute atomic E-state index is 12.5. The van der Waals surface area contributed by atoms with E-state index in [1.165, 1.54) is 0 Å². The number of nitrogens with one attached hydrogen (secondary N) is 1. The van der Waals surface area contributed by atoms with Gasteiger partial charge in [-0.15, -0.1) is 0 Å². The Kier molecular flexibility index (Phi) is 6.50. The molecule has 6 heteroatoms. The molecule has 0 aliphatic heterocycles. The van der Waals surface area contributed by atoms with Crippen molar-refractivity contribution < 1.29 is 18.7 Å². The summed E-state index contributed by atoms with van der Waals surface area (Å²) in [6.45, 7) is 3.96. The van der Waals surface area contributed by atoms with Gasteiger partial charge in [0.2, 0.25) is 0 Å². The SMILES string of the molecule is CCOc1ccc(NC(=O)N(CCOC)Cc2ccoc2)cc1. The highest BCUT2D eigenvalue weighted by molar-refractivity contribution is 5.89. The van der Waals surface area contributed by atoms with Crippen LogP contribution < -0.4 is 10.1 Å². The van der Waals surface area contributed by atoms with Gasteiger partial charge in [-0.25, -0.2) is 4.79 Å². The van der Waals surface area contributed by atoms with Gasteiger partial charge < -0.3 is 24.1 Å². The smallest absolute Gasteiger partial charge is 0.322 e. The molecule has 23 heavy (non-hydrogen) atoms. The van der Waals surface area contributed by atoms with E-state index in [0.717, 1.165) is 11.3 Å². The highest BCUT2D eigenvalue weighted by Gasteiger charge is 2.14. The van der Waals surface area contributed by atoms with Crippen LogP contribution in [0.1, 0.15) is 12.5 Å². The molecule has 1 aromatic heterocycles. The number of ether oxygens (including phenoxy) is 2. The average molecular weight is 318 g/mol. The molecule has 0 unspecified atom stereocenters. The van der Waals surface area contributed by atoms with Crippen molar-refractivity contribution in [2.75, 3.05) is 32.2 Å². The van der Waals surface area contributed by atoms with Gasteiger partial charge in [-0.3, -0.25) is 0 Å². The van der Waals surface area contributed by atoms with Crippen LogP contribution in [0, 0.1) is 0 Å². The van der Waals surface area contributed by atoms with E-state index in [-0.39, 0.29) is 6.03 Å². The van der Waals surface area contributed by atoms with E-state index in [9.17, 15) is 4.79 Å². The zero-order chi connectivity index (χ0) is 16.5. The summed E-state index contributed by atoms with van der Waals surface area (Å²) in [5.74, 6) is 0.778. The lowest BCUT2D eigenvalue weighted by Crippen LogP contribution is -2.36. The van der Waals surface area contributed by atoms with Crippen molar-refractivity contribution in [2.24, 2.45) is 0 Å². The highest BCUT2D eigenvalue weighted by Crippen LogP contribution is 2.16. The molecule has 0 saturated carbocycles. The summed E-state index contributed by atoms with van der Waals surface area (Å²) >= 11 is 0. The minimum absolute atomic E-state index is 0.188. The molecule has 2 amide bonds. The van der Waals surface area contributed by atoms with E-state index in [1.807, 2.05) is 37.3 Å². The highest BCUT2D eigenvalue weighted by atomic mass is 16.5. The molecule has 0 fully saturated rings. The molecule has 2 aromatic rings. The molecule has 0 atom stereocenters. The van der Waals surface area contributed by atoms with Crippen LogP contribution in [0.5, 0.6) is 5.75 Å². The number of benzene rings is 1. The Morgan fingerprint density at radius 2 is 2.04 bits per heavy atom. The van der Waals surface area contributed by atoms with Crippen LogP contribution in [0.25, 0.3) is 0 Å². The van der Waals surface area contributed by atoms with E-state index in [0.29, 0.717) is 32.0 Å². The van der Waals surface area contributed by atoms with Gasteiger partial charge in [0.25, 0.3) is 0 Å². The summed E-state index contributed by atoms with van der Waals surface area (Å²) in [5.41, 5.74) is 1.65. The van der Waals surface area contributed by atoms with E-state index < -0.39 is 0 Å². The Labute approximate surface area is 136 Å². The molecular weight excluding hydrogens is 296 g/mol. The molecule has 0 saturated heterocycles. The standard InChI is InChI=1S/C17H22N2O4/c1-3-23-16-6-4-15(5-7-16)18-17(20)19(9-11-21-2)12-14-8-10-22-13-14/h4-8,10,13H,3,9,11-12H2,1-2H3,(H,18,20). The van der Waals surface area contributed by atoms with Crippen LogP contribution in [0.15, 0.2) is 47.3 Å². The fourth-order valence-corrected chi connectivity index (χ4v) is 2.06. The van der Waals surface area contributed by atoms with Gasteiger partial charge in [0.15, 0.2) is 0 Å². The number of amides is 2. The van der Waals surface area contributed by atoms with Crippen molar-refractivity contribution in [3.63, 3.8) is 0 Å². The van der Waals surface area contributed by atoms with Crippen LogP contribution in [-0.2, 0) is 11.3 Å². The van der Waals surface area contributed by atoms with Gasteiger partial charge in [-0.05, 0) is 37.3 Å². The first-order valence-corrected chi connectivity index (χ1v) is 7.51. The zero-order valence-electron chi connectivity index (χ0n) is 13.5. The Balaban J connectivity index is 1.98. The second-order valence-electron chi connectivity index (χ2n) is 4.93. The largest absolute Gasteiger partial charge is 0.494 e. The van der Waals surface area contributed by atoms with Crippen molar-refractivity contribution in [2.45, 2.75) is 13.5 Å². The predicted molar refractivity (Wildman–Crippen MR) is 87.6 cm³/mol. The molecule has 1 heterocycles. The molecule has 1 N–H and O–H groups in total. The molecular formula is C17H22N2O4. The first-order chi connectivity index (χ1) is 11.2. The fourth-order valence-electron chi connectivity index (χ4n) is 2.06. The Bertz CT molecular complexity index is 581. The van der Waals surface area contributed by atoms with Crippen molar-refractivity contribution in [1.82, 2.24) is 4.90 Å². The normalized spacial score (nSPS) is 10.3. The number of nitrogens with zero attached hydrogens (tertiary/aromatic N) is 1. The predicted octanol–water partition coefficient (Wildman–Crippen LogP) is 3.36. The van der Waals surface area contributed by atoms with Crippen molar-refractivity contribution in [3.05, 3.63) is 48.4 Å². The maximum atomic E-state index is 12.5. The van der Waals surface area contributed by atoms with Crippen molar-refractivity contribution >= 4 is 11.7 Å². The van der Waals surface area contributed by atoms with Crippen molar-refractivity contribution in [3.8, 4) is 5.75 Å². The Morgan fingerprint density at radius 3 is 2.65 bits per heavy atom. The summed E-state index contributed by atoms with van der Waals surface area (Å²) in [6.07, 6.45) is 3.22. The van der Waals surface area contributed by atoms with Crippen molar-refractivity contribution in [1.29, 1.82) is 0 Å². The number of hydrogen-bond acceptors (Lipinski definition) is 4. The van der Waals surface area contributed by atoms with Gasteiger partial charge >= 0.3 is 6.03 Å². The molecule has 124 valence electrons. The molecule has 0 aliphatic carbocycles. The topological polar surface area (TPSA) is 63.9 Å². The van der Waals surface area contributed by atoms with Crippen LogP contribution in [0.2, 0.25) is 0 Å². The first-order valence-electron chi connectivity index (χ1n) is 7.51. The second-order valence-corrected chi connectivity index (χ2v) is 4.93. The number of carbonyl (C=O) groups excluding carboxylic acids is 1. The average Bonchev–Trinajstić information content (AvgIpc) is 3.06. The van der Waals surface area contributed by atoms with Crippen LogP contribution in [-0.4, -0.2) is 37.8 Å². The van der Waals surface area contributed by atoms with Gasteiger partial charge in [-0.2, -0.15) is 0 Å². The molecule has 0 bridgehead atoms. The quantitative estimate of drug-likeness (QED) is 0.810. The zero-order valence-corrected chi connectivity index (χ0v) is 13.5. The lowest BCUT2D eigenvalue weighted by atomic mass is 10.3. The summed E-state index contributed by atoms with van der Waals surface area (Å²) in [5, 5.41) is 2.88. The van der Waals surface area contributed by atoms with Gasteiger partial charge in [0, 0.05) is 24.9 Å². The van der Waals surface area contributed by atoms with E-state index >= 15 is 0 Å².